The van der Waals surface area contributed by atoms with E-state index in [1.54, 1.807) is 37.3 Å². The van der Waals surface area contributed by atoms with Crippen molar-refractivity contribution in [3.63, 3.8) is 0 Å². The molecule has 0 fully saturated rings. The van der Waals surface area contributed by atoms with Crippen LogP contribution in [0.1, 0.15) is 11.1 Å². The highest BCUT2D eigenvalue weighted by Crippen LogP contribution is 2.22. The topological polar surface area (TPSA) is 90.2 Å². The summed E-state index contributed by atoms with van der Waals surface area (Å²) in [7, 11) is -0.790. The Labute approximate surface area is 150 Å². The lowest BCUT2D eigenvalue weighted by Gasteiger charge is -2.13. The fraction of sp³-hybridized carbons (Fsp3) is 0.222. The number of hydrogen-bond acceptors (Lipinski definition) is 4. The standard InChI is InChI=1S/C18H19N3O4S/c1-11-5-8-16(12(2)9-11)26(24,25)19-13-6-7-14-15(10-13)21(4)18(23)17(22)20(14)3/h5-10,19H,1-4H3. The third kappa shape index (κ3) is 2.92. The summed E-state index contributed by atoms with van der Waals surface area (Å²) in [6.45, 7) is 3.63. The van der Waals surface area contributed by atoms with Crippen LogP contribution in [-0.2, 0) is 24.1 Å². The van der Waals surface area contributed by atoms with E-state index >= 15 is 0 Å². The maximum atomic E-state index is 12.7. The minimum Gasteiger partial charge on any atom is -0.305 e. The lowest BCUT2D eigenvalue weighted by atomic mass is 10.2. The fourth-order valence-corrected chi connectivity index (χ4v) is 4.23. The molecule has 0 amide bonds. The van der Waals surface area contributed by atoms with Gasteiger partial charge < -0.3 is 9.13 Å². The lowest BCUT2D eigenvalue weighted by Crippen LogP contribution is -2.39. The summed E-state index contributed by atoms with van der Waals surface area (Å²) in [5, 5.41) is 0. The van der Waals surface area contributed by atoms with Gasteiger partial charge in [0.1, 0.15) is 0 Å². The van der Waals surface area contributed by atoms with E-state index in [0.717, 1.165) is 5.56 Å². The maximum Gasteiger partial charge on any atom is 0.316 e. The lowest BCUT2D eigenvalue weighted by molar-refractivity contribution is 0.600. The molecule has 8 heteroatoms. The van der Waals surface area contributed by atoms with E-state index in [0.29, 0.717) is 22.3 Å². The van der Waals surface area contributed by atoms with Crippen molar-refractivity contribution in [2.45, 2.75) is 18.7 Å². The third-order valence-electron chi connectivity index (χ3n) is 4.36. The Morgan fingerprint density at radius 2 is 1.46 bits per heavy atom. The highest BCUT2D eigenvalue weighted by Gasteiger charge is 2.18. The Balaban J connectivity index is 2.12. The van der Waals surface area contributed by atoms with Gasteiger partial charge in [-0.2, -0.15) is 0 Å². The Bertz CT molecular complexity index is 1250. The van der Waals surface area contributed by atoms with E-state index in [4.69, 9.17) is 0 Å². The molecule has 3 aromatic rings. The van der Waals surface area contributed by atoms with Crippen LogP contribution in [0.3, 0.4) is 0 Å². The molecule has 136 valence electrons. The molecule has 3 rings (SSSR count). The second-order valence-corrected chi connectivity index (χ2v) is 7.96. The average Bonchev–Trinajstić information content (AvgIpc) is 2.57. The van der Waals surface area contributed by atoms with E-state index in [-0.39, 0.29) is 4.90 Å². The smallest absolute Gasteiger partial charge is 0.305 e. The summed E-state index contributed by atoms with van der Waals surface area (Å²) in [5.41, 5.74) is 1.62. The Morgan fingerprint density at radius 1 is 0.846 bits per heavy atom. The highest BCUT2D eigenvalue weighted by atomic mass is 32.2. The Hall–Kier alpha value is -2.87. The maximum absolute atomic E-state index is 12.7. The molecule has 0 aliphatic rings. The third-order valence-corrected chi connectivity index (χ3v) is 5.90. The number of nitrogens with one attached hydrogen (secondary N) is 1. The number of anilines is 1. The van der Waals surface area contributed by atoms with Gasteiger partial charge >= 0.3 is 11.1 Å². The van der Waals surface area contributed by atoms with Gasteiger partial charge in [0.15, 0.2) is 0 Å². The first-order valence-corrected chi connectivity index (χ1v) is 9.40. The molecule has 0 unspecified atom stereocenters. The van der Waals surface area contributed by atoms with E-state index in [1.165, 1.54) is 29.3 Å². The number of hydrogen-bond donors (Lipinski definition) is 1. The number of benzene rings is 2. The predicted molar refractivity (Wildman–Crippen MR) is 101 cm³/mol. The molecule has 7 nitrogen and oxygen atoms in total. The van der Waals surface area contributed by atoms with Crippen LogP contribution >= 0.6 is 0 Å². The molecule has 0 radical (unpaired) electrons. The average molecular weight is 373 g/mol. The Morgan fingerprint density at radius 3 is 2.08 bits per heavy atom. The first-order chi connectivity index (χ1) is 12.1. The number of fused-ring (bicyclic) bond motifs is 1. The van der Waals surface area contributed by atoms with Gasteiger partial charge in [0, 0.05) is 14.1 Å². The van der Waals surface area contributed by atoms with Gasteiger partial charge in [-0.3, -0.25) is 14.3 Å². The van der Waals surface area contributed by atoms with Crippen molar-refractivity contribution in [2.24, 2.45) is 14.1 Å². The molecule has 0 bridgehead atoms. The van der Waals surface area contributed by atoms with Crippen LogP contribution in [-0.4, -0.2) is 17.6 Å². The van der Waals surface area contributed by atoms with Crippen molar-refractivity contribution in [1.82, 2.24) is 9.13 Å². The molecule has 2 aromatic carbocycles. The Kier molecular flexibility index (Phi) is 4.23. The molecular formula is C18H19N3O4S. The summed E-state index contributed by atoms with van der Waals surface area (Å²) >= 11 is 0. The van der Waals surface area contributed by atoms with Gasteiger partial charge in [-0.15, -0.1) is 0 Å². The van der Waals surface area contributed by atoms with Gasteiger partial charge in [0.05, 0.1) is 21.6 Å². The highest BCUT2D eigenvalue weighted by molar-refractivity contribution is 7.92. The van der Waals surface area contributed by atoms with Crippen molar-refractivity contribution in [3.05, 3.63) is 68.2 Å². The molecule has 0 spiro atoms. The summed E-state index contributed by atoms with van der Waals surface area (Å²) in [6, 6.07) is 9.81. The normalized spacial score (nSPS) is 11.7. The van der Waals surface area contributed by atoms with Gasteiger partial charge in [-0.1, -0.05) is 17.7 Å². The number of rotatable bonds is 3. The minimum atomic E-state index is -3.78. The van der Waals surface area contributed by atoms with Crippen LogP contribution < -0.4 is 15.8 Å². The number of aromatic nitrogens is 2. The summed E-state index contributed by atoms with van der Waals surface area (Å²) in [6.07, 6.45) is 0. The van der Waals surface area contributed by atoms with Crippen LogP contribution in [0, 0.1) is 13.8 Å². The quantitative estimate of drug-likeness (QED) is 0.707. The largest absolute Gasteiger partial charge is 0.316 e. The molecule has 26 heavy (non-hydrogen) atoms. The number of sulfonamides is 1. The molecule has 0 aliphatic carbocycles. The van der Waals surface area contributed by atoms with E-state index in [9.17, 15) is 18.0 Å². The molecule has 1 aromatic heterocycles. The van der Waals surface area contributed by atoms with E-state index in [2.05, 4.69) is 4.72 Å². The zero-order chi connectivity index (χ0) is 19.2. The molecule has 0 aliphatic heterocycles. The summed E-state index contributed by atoms with van der Waals surface area (Å²) < 4.78 is 30.4. The van der Waals surface area contributed by atoms with Crippen molar-refractivity contribution in [2.75, 3.05) is 4.72 Å². The molecule has 0 saturated heterocycles. The van der Waals surface area contributed by atoms with Crippen LogP contribution in [0.4, 0.5) is 5.69 Å². The summed E-state index contributed by atoms with van der Waals surface area (Å²) in [5.74, 6) is 0. The van der Waals surface area contributed by atoms with Crippen molar-refractivity contribution in [1.29, 1.82) is 0 Å². The molecular weight excluding hydrogens is 354 g/mol. The summed E-state index contributed by atoms with van der Waals surface area (Å²) in [4.78, 5) is 24.1. The first-order valence-electron chi connectivity index (χ1n) is 7.91. The van der Waals surface area contributed by atoms with Crippen molar-refractivity contribution >= 4 is 26.7 Å². The van der Waals surface area contributed by atoms with Crippen LogP contribution in [0.5, 0.6) is 0 Å². The van der Waals surface area contributed by atoms with Gasteiger partial charge in [-0.05, 0) is 43.7 Å². The van der Waals surface area contributed by atoms with Crippen LogP contribution in [0.2, 0.25) is 0 Å². The van der Waals surface area contributed by atoms with Gasteiger partial charge in [0.2, 0.25) is 0 Å². The second-order valence-electron chi connectivity index (χ2n) is 6.31. The molecule has 1 heterocycles. The van der Waals surface area contributed by atoms with Crippen LogP contribution in [0.25, 0.3) is 11.0 Å². The molecule has 0 saturated carbocycles. The fourth-order valence-electron chi connectivity index (χ4n) is 2.96. The second kappa shape index (κ2) is 6.14. The zero-order valence-electron chi connectivity index (χ0n) is 14.9. The number of nitrogens with zero attached hydrogens (tertiary/aromatic N) is 2. The first kappa shape index (κ1) is 17.9. The number of aryl methyl sites for hydroxylation is 4. The van der Waals surface area contributed by atoms with Crippen LogP contribution in [0.15, 0.2) is 50.9 Å². The zero-order valence-corrected chi connectivity index (χ0v) is 15.7. The van der Waals surface area contributed by atoms with Gasteiger partial charge in [0.25, 0.3) is 10.0 Å². The molecule has 0 atom stereocenters. The van der Waals surface area contributed by atoms with Crippen molar-refractivity contribution < 1.29 is 8.42 Å². The predicted octanol–water partition coefficient (Wildman–Crippen LogP) is 1.65. The minimum absolute atomic E-state index is 0.192. The van der Waals surface area contributed by atoms with E-state index < -0.39 is 21.1 Å². The monoisotopic (exact) mass is 373 g/mol. The molecule has 1 N–H and O–H groups in total. The van der Waals surface area contributed by atoms with Gasteiger partial charge in [-0.25, -0.2) is 8.42 Å². The van der Waals surface area contributed by atoms with E-state index in [1.807, 2.05) is 6.92 Å². The SMILES string of the molecule is Cc1ccc(S(=O)(=O)Nc2ccc3c(c2)n(C)c(=O)c(=O)n3C)c(C)c1. The van der Waals surface area contributed by atoms with Crippen molar-refractivity contribution in [3.8, 4) is 0 Å².